The van der Waals surface area contributed by atoms with E-state index >= 15 is 0 Å². The maximum atomic E-state index is 12.5. The Labute approximate surface area is 131 Å². The van der Waals surface area contributed by atoms with Crippen LogP contribution in [-0.2, 0) is 11.3 Å². The van der Waals surface area contributed by atoms with Gasteiger partial charge in [-0.3, -0.25) is 9.69 Å². The Balaban J connectivity index is 1.48. The Kier molecular flexibility index (Phi) is 4.95. The number of phenolic OH excluding ortho intramolecular Hbond substituents is 1. The zero-order valence-corrected chi connectivity index (χ0v) is 13.0. The molecule has 0 aromatic heterocycles. The van der Waals surface area contributed by atoms with E-state index in [1.54, 1.807) is 6.07 Å². The van der Waals surface area contributed by atoms with Crippen molar-refractivity contribution >= 4 is 5.91 Å². The van der Waals surface area contributed by atoms with E-state index in [2.05, 4.69) is 10.2 Å². The predicted octanol–water partition coefficient (Wildman–Crippen LogP) is 1.04. The van der Waals surface area contributed by atoms with Crippen molar-refractivity contribution in [1.29, 1.82) is 0 Å². The van der Waals surface area contributed by atoms with Crippen LogP contribution in [0.25, 0.3) is 0 Å². The van der Waals surface area contributed by atoms with Gasteiger partial charge in [-0.1, -0.05) is 12.1 Å². The number of benzene rings is 1. The van der Waals surface area contributed by atoms with Gasteiger partial charge in [0.15, 0.2) is 0 Å². The monoisotopic (exact) mass is 303 g/mol. The summed E-state index contributed by atoms with van der Waals surface area (Å²) in [4.78, 5) is 16.9. The molecule has 2 fully saturated rings. The lowest BCUT2D eigenvalue weighted by Gasteiger charge is -2.37. The van der Waals surface area contributed by atoms with Crippen molar-refractivity contribution in [2.24, 2.45) is 5.92 Å². The average molecular weight is 303 g/mol. The molecular formula is C17H25N3O2. The van der Waals surface area contributed by atoms with Crippen LogP contribution in [0.15, 0.2) is 24.3 Å². The predicted molar refractivity (Wildman–Crippen MR) is 85.6 cm³/mol. The van der Waals surface area contributed by atoms with Crippen LogP contribution < -0.4 is 5.32 Å². The summed E-state index contributed by atoms with van der Waals surface area (Å²) < 4.78 is 0. The first kappa shape index (κ1) is 15.3. The third-order valence-electron chi connectivity index (χ3n) is 4.65. The Morgan fingerprint density at radius 2 is 2.09 bits per heavy atom. The van der Waals surface area contributed by atoms with E-state index in [0.717, 1.165) is 64.2 Å². The van der Waals surface area contributed by atoms with Crippen molar-refractivity contribution in [3.8, 4) is 5.75 Å². The molecule has 0 saturated carbocycles. The quantitative estimate of drug-likeness (QED) is 0.876. The van der Waals surface area contributed by atoms with Gasteiger partial charge in [0.25, 0.3) is 0 Å². The summed E-state index contributed by atoms with van der Waals surface area (Å²) in [5.41, 5.74) is 1.12. The molecule has 120 valence electrons. The van der Waals surface area contributed by atoms with E-state index in [1.165, 1.54) is 0 Å². The van der Waals surface area contributed by atoms with Crippen LogP contribution >= 0.6 is 0 Å². The van der Waals surface area contributed by atoms with Crippen molar-refractivity contribution in [2.45, 2.75) is 19.4 Å². The molecule has 1 amide bonds. The van der Waals surface area contributed by atoms with Crippen molar-refractivity contribution in [3.05, 3.63) is 29.8 Å². The first-order valence-electron chi connectivity index (χ1n) is 8.22. The Hall–Kier alpha value is -1.59. The minimum Gasteiger partial charge on any atom is -0.508 e. The number of phenols is 1. The molecule has 3 rings (SSSR count). The zero-order chi connectivity index (χ0) is 15.4. The van der Waals surface area contributed by atoms with E-state index in [0.29, 0.717) is 11.7 Å². The largest absolute Gasteiger partial charge is 0.508 e. The van der Waals surface area contributed by atoms with E-state index in [-0.39, 0.29) is 5.92 Å². The van der Waals surface area contributed by atoms with Crippen LogP contribution in [0.1, 0.15) is 18.4 Å². The summed E-state index contributed by atoms with van der Waals surface area (Å²) in [6, 6.07) is 7.41. The SMILES string of the molecule is O=C(C1CCCNC1)N1CCN(Cc2cccc(O)c2)CC1. The Bertz CT molecular complexity index is 506. The third-order valence-corrected chi connectivity index (χ3v) is 4.65. The third kappa shape index (κ3) is 3.78. The smallest absolute Gasteiger partial charge is 0.227 e. The fourth-order valence-electron chi connectivity index (χ4n) is 3.36. The van der Waals surface area contributed by atoms with Crippen LogP contribution in [-0.4, -0.2) is 60.1 Å². The normalized spacial score (nSPS) is 23.5. The molecule has 1 atom stereocenters. The highest BCUT2D eigenvalue weighted by molar-refractivity contribution is 5.79. The second-order valence-corrected chi connectivity index (χ2v) is 6.31. The van der Waals surface area contributed by atoms with Crippen molar-refractivity contribution in [1.82, 2.24) is 15.1 Å². The van der Waals surface area contributed by atoms with Crippen LogP contribution in [0.2, 0.25) is 0 Å². The molecule has 0 radical (unpaired) electrons. The molecule has 5 nitrogen and oxygen atoms in total. The number of nitrogens with one attached hydrogen (secondary N) is 1. The molecule has 2 aliphatic heterocycles. The van der Waals surface area contributed by atoms with Gasteiger partial charge in [-0.25, -0.2) is 0 Å². The van der Waals surface area contributed by atoms with E-state index in [1.807, 2.05) is 23.1 Å². The minimum absolute atomic E-state index is 0.173. The first-order valence-corrected chi connectivity index (χ1v) is 8.22. The molecule has 22 heavy (non-hydrogen) atoms. The van der Waals surface area contributed by atoms with Gasteiger partial charge in [-0.05, 0) is 37.1 Å². The van der Waals surface area contributed by atoms with Crippen LogP contribution in [0.5, 0.6) is 5.75 Å². The van der Waals surface area contributed by atoms with Crippen molar-refractivity contribution in [2.75, 3.05) is 39.3 Å². The molecule has 0 aliphatic carbocycles. The summed E-state index contributed by atoms with van der Waals surface area (Å²) in [5.74, 6) is 0.812. The highest BCUT2D eigenvalue weighted by Crippen LogP contribution is 2.17. The lowest BCUT2D eigenvalue weighted by atomic mass is 9.98. The highest BCUT2D eigenvalue weighted by Gasteiger charge is 2.28. The number of hydrogen-bond donors (Lipinski definition) is 2. The van der Waals surface area contributed by atoms with E-state index in [9.17, 15) is 9.90 Å². The molecule has 0 spiro atoms. The number of piperidine rings is 1. The summed E-state index contributed by atoms with van der Waals surface area (Å²) >= 11 is 0. The molecule has 0 bridgehead atoms. The van der Waals surface area contributed by atoms with Crippen LogP contribution in [0, 0.1) is 5.92 Å². The van der Waals surface area contributed by atoms with Gasteiger partial charge >= 0.3 is 0 Å². The number of carbonyl (C=O) groups is 1. The molecule has 1 aromatic rings. The molecule has 2 heterocycles. The number of aromatic hydroxyl groups is 1. The van der Waals surface area contributed by atoms with Gasteiger partial charge in [0, 0.05) is 39.3 Å². The second kappa shape index (κ2) is 7.11. The first-order chi connectivity index (χ1) is 10.7. The van der Waals surface area contributed by atoms with Crippen LogP contribution in [0.3, 0.4) is 0 Å². The van der Waals surface area contributed by atoms with Crippen molar-refractivity contribution < 1.29 is 9.90 Å². The summed E-state index contributed by atoms with van der Waals surface area (Å²) in [5, 5.41) is 12.8. The Morgan fingerprint density at radius 3 is 2.77 bits per heavy atom. The summed E-state index contributed by atoms with van der Waals surface area (Å²) in [7, 11) is 0. The number of piperazine rings is 1. The standard InChI is InChI=1S/C17H25N3O2/c21-16-5-1-3-14(11-16)13-19-7-9-20(10-8-19)17(22)15-4-2-6-18-12-15/h1,3,5,11,15,18,21H,2,4,6-10,12-13H2. The Morgan fingerprint density at radius 1 is 1.27 bits per heavy atom. The molecule has 5 heteroatoms. The van der Waals surface area contributed by atoms with Gasteiger partial charge in [-0.2, -0.15) is 0 Å². The molecule has 2 aliphatic rings. The minimum atomic E-state index is 0.173. The van der Waals surface area contributed by atoms with Gasteiger partial charge < -0.3 is 15.3 Å². The second-order valence-electron chi connectivity index (χ2n) is 6.31. The van der Waals surface area contributed by atoms with Crippen LogP contribution in [0.4, 0.5) is 0 Å². The zero-order valence-electron chi connectivity index (χ0n) is 13.0. The average Bonchev–Trinajstić information content (AvgIpc) is 2.56. The fourth-order valence-corrected chi connectivity index (χ4v) is 3.36. The van der Waals surface area contributed by atoms with E-state index < -0.39 is 0 Å². The molecular weight excluding hydrogens is 278 g/mol. The number of nitrogens with zero attached hydrogens (tertiary/aromatic N) is 2. The summed E-state index contributed by atoms with van der Waals surface area (Å²) in [6.07, 6.45) is 2.13. The fraction of sp³-hybridized carbons (Fsp3) is 0.588. The maximum absolute atomic E-state index is 12.5. The molecule has 1 unspecified atom stereocenters. The summed E-state index contributed by atoms with van der Waals surface area (Å²) in [6.45, 7) is 6.15. The molecule has 2 saturated heterocycles. The topological polar surface area (TPSA) is 55.8 Å². The van der Waals surface area contributed by atoms with Gasteiger partial charge in [-0.15, -0.1) is 0 Å². The van der Waals surface area contributed by atoms with Gasteiger partial charge in [0.2, 0.25) is 5.91 Å². The number of rotatable bonds is 3. The van der Waals surface area contributed by atoms with E-state index in [4.69, 9.17) is 0 Å². The van der Waals surface area contributed by atoms with Gasteiger partial charge in [0.1, 0.15) is 5.75 Å². The lowest BCUT2D eigenvalue weighted by Crippen LogP contribution is -2.51. The molecule has 1 aromatic carbocycles. The lowest BCUT2D eigenvalue weighted by molar-refractivity contribution is -0.137. The number of amides is 1. The number of carbonyl (C=O) groups excluding carboxylic acids is 1. The van der Waals surface area contributed by atoms with Gasteiger partial charge in [0.05, 0.1) is 5.92 Å². The van der Waals surface area contributed by atoms with Crippen molar-refractivity contribution in [3.63, 3.8) is 0 Å². The number of hydrogen-bond acceptors (Lipinski definition) is 4. The highest BCUT2D eigenvalue weighted by atomic mass is 16.3. The molecule has 2 N–H and O–H groups in total. The maximum Gasteiger partial charge on any atom is 0.227 e.